The standard InChI is InChI=1S/C11H12N4O2S/c1-8-5-9(7-13-6-8)15-18(16,17)11-10(12)3-2-4-14-11/h2-7,15H,12H2,1H3. The first-order valence-electron chi connectivity index (χ1n) is 5.14. The van der Waals surface area contributed by atoms with Crippen LogP contribution in [0.2, 0.25) is 0 Å². The highest BCUT2D eigenvalue weighted by molar-refractivity contribution is 7.92. The number of nitrogens with zero attached hydrogens (tertiary/aromatic N) is 2. The first kappa shape index (κ1) is 12.3. The maximum atomic E-state index is 12.1. The normalized spacial score (nSPS) is 11.2. The Kier molecular flexibility index (Phi) is 3.15. The van der Waals surface area contributed by atoms with Gasteiger partial charge in [-0.05, 0) is 30.7 Å². The molecule has 0 spiro atoms. The van der Waals surface area contributed by atoms with E-state index in [0.29, 0.717) is 5.69 Å². The number of aromatic nitrogens is 2. The molecule has 0 saturated heterocycles. The van der Waals surface area contributed by atoms with Crippen LogP contribution < -0.4 is 10.5 Å². The molecule has 3 N–H and O–H groups in total. The van der Waals surface area contributed by atoms with Crippen LogP contribution in [0, 0.1) is 6.92 Å². The largest absolute Gasteiger partial charge is 0.396 e. The number of nitrogens with two attached hydrogens (primary N) is 1. The second-order valence-electron chi connectivity index (χ2n) is 3.75. The zero-order chi connectivity index (χ0) is 13.2. The molecule has 0 aliphatic rings. The quantitative estimate of drug-likeness (QED) is 0.867. The topological polar surface area (TPSA) is 98.0 Å². The average molecular weight is 264 g/mol. The van der Waals surface area contributed by atoms with Gasteiger partial charge in [0.2, 0.25) is 0 Å². The lowest BCUT2D eigenvalue weighted by Crippen LogP contribution is -2.16. The van der Waals surface area contributed by atoms with Crippen LogP contribution in [0.4, 0.5) is 11.4 Å². The molecule has 6 nitrogen and oxygen atoms in total. The van der Waals surface area contributed by atoms with Gasteiger partial charge in [-0.25, -0.2) is 4.98 Å². The molecule has 2 heterocycles. The van der Waals surface area contributed by atoms with E-state index in [0.717, 1.165) is 5.56 Å². The summed E-state index contributed by atoms with van der Waals surface area (Å²) >= 11 is 0. The van der Waals surface area contributed by atoms with Crippen molar-refractivity contribution in [1.82, 2.24) is 9.97 Å². The summed E-state index contributed by atoms with van der Waals surface area (Å²) in [5, 5.41) is -0.188. The summed E-state index contributed by atoms with van der Waals surface area (Å²) in [4.78, 5) is 7.68. The molecule has 0 atom stereocenters. The fourth-order valence-corrected chi connectivity index (χ4v) is 2.54. The second kappa shape index (κ2) is 4.61. The van der Waals surface area contributed by atoms with Gasteiger partial charge in [-0.3, -0.25) is 9.71 Å². The monoisotopic (exact) mass is 264 g/mol. The average Bonchev–Trinajstić information content (AvgIpc) is 2.28. The summed E-state index contributed by atoms with van der Waals surface area (Å²) in [6.07, 6.45) is 4.43. The van der Waals surface area contributed by atoms with E-state index in [2.05, 4.69) is 14.7 Å². The van der Waals surface area contributed by atoms with Crippen molar-refractivity contribution in [1.29, 1.82) is 0 Å². The Morgan fingerprint density at radius 2 is 2.11 bits per heavy atom. The number of nitrogens with one attached hydrogen (secondary N) is 1. The van der Waals surface area contributed by atoms with E-state index in [1.807, 2.05) is 6.92 Å². The third-order valence-corrected chi connectivity index (χ3v) is 3.54. The fourth-order valence-electron chi connectivity index (χ4n) is 1.44. The highest BCUT2D eigenvalue weighted by Crippen LogP contribution is 2.18. The molecule has 0 amide bonds. The van der Waals surface area contributed by atoms with Crippen molar-refractivity contribution in [3.8, 4) is 0 Å². The lowest BCUT2D eigenvalue weighted by Gasteiger charge is -2.08. The summed E-state index contributed by atoms with van der Waals surface area (Å²) in [5.74, 6) is 0. The maximum absolute atomic E-state index is 12.1. The minimum absolute atomic E-state index is 0.102. The van der Waals surface area contributed by atoms with Gasteiger partial charge in [-0.15, -0.1) is 0 Å². The Morgan fingerprint density at radius 3 is 2.78 bits per heavy atom. The van der Waals surface area contributed by atoms with Crippen LogP contribution in [0.5, 0.6) is 0 Å². The van der Waals surface area contributed by atoms with Gasteiger partial charge < -0.3 is 5.73 Å². The van der Waals surface area contributed by atoms with Gasteiger partial charge in [0.15, 0.2) is 5.03 Å². The lowest BCUT2D eigenvalue weighted by molar-refractivity contribution is 0.598. The van der Waals surface area contributed by atoms with Crippen LogP contribution in [-0.4, -0.2) is 18.4 Å². The van der Waals surface area contributed by atoms with Crippen LogP contribution in [-0.2, 0) is 10.0 Å². The Morgan fingerprint density at radius 1 is 1.33 bits per heavy atom. The highest BCUT2D eigenvalue weighted by Gasteiger charge is 2.18. The number of pyridine rings is 2. The first-order valence-corrected chi connectivity index (χ1v) is 6.62. The zero-order valence-electron chi connectivity index (χ0n) is 9.66. The molecule has 18 heavy (non-hydrogen) atoms. The molecule has 0 saturated carbocycles. The van der Waals surface area contributed by atoms with Crippen molar-refractivity contribution < 1.29 is 8.42 Å². The third-order valence-electron chi connectivity index (χ3n) is 2.18. The summed E-state index contributed by atoms with van der Waals surface area (Å²) in [7, 11) is -3.79. The molecule has 0 fully saturated rings. The number of anilines is 2. The molecule has 94 valence electrons. The third kappa shape index (κ3) is 2.57. The van der Waals surface area contributed by atoms with Crippen LogP contribution in [0.25, 0.3) is 0 Å². The van der Waals surface area contributed by atoms with Crippen LogP contribution in [0.3, 0.4) is 0 Å². The first-order chi connectivity index (χ1) is 8.49. The van der Waals surface area contributed by atoms with E-state index in [1.54, 1.807) is 18.3 Å². The van der Waals surface area contributed by atoms with Crippen molar-refractivity contribution in [3.05, 3.63) is 42.4 Å². The van der Waals surface area contributed by atoms with E-state index in [4.69, 9.17) is 5.73 Å². The van der Waals surface area contributed by atoms with Crippen LogP contribution in [0.1, 0.15) is 5.56 Å². The van der Waals surface area contributed by atoms with Crippen molar-refractivity contribution in [2.75, 3.05) is 10.5 Å². The molecule has 2 rings (SSSR count). The predicted octanol–water partition coefficient (Wildman–Crippen LogP) is 1.17. The number of rotatable bonds is 3. The van der Waals surface area contributed by atoms with Crippen molar-refractivity contribution >= 4 is 21.4 Å². The van der Waals surface area contributed by atoms with E-state index >= 15 is 0 Å². The van der Waals surface area contributed by atoms with Crippen molar-refractivity contribution in [3.63, 3.8) is 0 Å². The summed E-state index contributed by atoms with van der Waals surface area (Å²) in [5.41, 5.74) is 6.92. The molecular formula is C11H12N4O2S. The summed E-state index contributed by atoms with van der Waals surface area (Å²) < 4.78 is 26.5. The fraction of sp³-hybridized carbons (Fsp3) is 0.0909. The second-order valence-corrected chi connectivity index (χ2v) is 5.35. The smallest absolute Gasteiger partial charge is 0.281 e. The molecule has 0 bridgehead atoms. The Hall–Kier alpha value is -2.15. The Bertz CT molecular complexity index is 670. The molecule has 0 radical (unpaired) electrons. The van der Waals surface area contributed by atoms with Crippen molar-refractivity contribution in [2.45, 2.75) is 11.9 Å². The molecule has 0 aliphatic heterocycles. The molecular weight excluding hydrogens is 252 g/mol. The van der Waals surface area contributed by atoms with E-state index in [1.165, 1.54) is 18.5 Å². The van der Waals surface area contributed by atoms with Gasteiger partial charge in [0.1, 0.15) is 0 Å². The molecule has 0 unspecified atom stereocenters. The van der Waals surface area contributed by atoms with Crippen LogP contribution >= 0.6 is 0 Å². The van der Waals surface area contributed by atoms with Gasteiger partial charge in [-0.1, -0.05) is 0 Å². The minimum atomic E-state index is -3.79. The zero-order valence-corrected chi connectivity index (χ0v) is 10.5. The molecule has 0 aliphatic carbocycles. The molecule has 2 aromatic rings. The van der Waals surface area contributed by atoms with E-state index in [9.17, 15) is 8.42 Å². The molecule has 2 aromatic heterocycles. The maximum Gasteiger partial charge on any atom is 0.281 e. The molecule has 0 aromatic carbocycles. The number of nitrogen functional groups attached to an aromatic ring is 1. The van der Waals surface area contributed by atoms with Crippen molar-refractivity contribution in [2.24, 2.45) is 0 Å². The minimum Gasteiger partial charge on any atom is -0.396 e. The number of aryl methyl sites for hydroxylation is 1. The SMILES string of the molecule is Cc1cncc(NS(=O)(=O)c2ncccc2N)c1. The highest BCUT2D eigenvalue weighted by atomic mass is 32.2. The summed E-state index contributed by atoms with van der Waals surface area (Å²) in [6.45, 7) is 1.82. The van der Waals surface area contributed by atoms with Gasteiger partial charge in [0.25, 0.3) is 10.0 Å². The van der Waals surface area contributed by atoms with E-state index in [-0.39, 0.29) is 10.7 Å². The van der Waals surface area contributed by atoms with Gasteiger partial charge in [0, 0.05) is 12.4 Å². The predicted molar refractivity (Wildman–Crippen MR) is 68.4 cm³/mol. The lowest BCUT2D eigenvalue weighted by atomic mass is 10.3. The number of hydrogen-bond donors (Lipinski definition) is 2. The van der Waals surface area contributed by atoms with Gasteiger partial charge >= 0.3 is 0 Å². The Labute approximate surface area is 105 Å². The van der Waals surface area contributed by atoms with E-state index < -0.39 is 10.0 Å². The number of hydrogen-bond acceptors (Lipinski definition) is 5. The number of sulfonamides is 1. The van der Waals surface area contributed by atoms with Gasteiger partial charge in [-0.2, -0.15) is 8.42 Å². The van der Waals surface area contributed by atoms with Crippen LogP contribution in [0.15, 0.2) is 41.8 Å². The Balaban J connectivity index is 2.37. The summed E-state index contributed by atoms with van der Waals surface area (Å²) in [6, 6.07) is 4.72. The molecule has 7 heteroatoms. The van der Waals surface area contributed by atoms with Gasteiger partial charge in [0.05, 0.1) is 17.6 Å².